The molecule has 0 aromatic heterocycles. The van der Waals surface area contributed by atoms with E-state index in [0.717, 1.165) is 23.2 Å². The van der Waals surface area contributed by atoms with Crippen molar-refractivity contribution in [2.45, 2.75) is 57.8 Å². The van der Waals surface area contributed by atoms with Crippen LogP contribution in [0.4, 0.5) is 0 Å². The van der Waals surface area contributed by atoms with Gasteiger partial charge in [-0.05, 0) is 61.9 Å². The largest absolute Gasteiger partial charge is 0.316 e. The molecule has 1 N–H and O–H groups in total. The van der Waals surface area contributed by atoms with Crippen LogP contribution in [-0.4, -0.2) is 37.6 Å². The zero-order chi connectivity index (χ0) is 13.4. The number of hydrogen-bond acceptors (Lipinski definition) is 2. The number of nitrogens with zero attached hydrogens (tertiary/aromatic N) is 1. The highest BCUT2D eigenvalue weighted by Crippen LogP contribution is 2.53. The summed E-state index contributed by atoms with van der Waals surface area (Å²) in [7, 11) is 0. The van der Waals surface area contributed by atoms with Crippen molar-refractivity contribution in [1.82, 2.24) is 10.2 Å². The van der Waals surface area contributed by atoms with E-state index >= 15 is 0 Å². The molecule has 114 valence electrons. The summed E-state index contributed by atoms with van der Waals surface area (Å²) in [6, 6.07) is 0. The van der Waals surface area contributed by atoms with Crippen LogP contribution in [0, 0.1) is 23.2 Å². The van der Waals surface area contributed by atoms with Gasteiger partial charge in [0.1, 0.15) is 0 Å². The topological polar surface area (TPSA) is 15.3 Å². The SMILES string of the molecule is C1CCC(CN2CC3CNCC(C2)C32CCCC2)CC1. The molecule has 0 radical (unpaired) electrons. The van der Waals surface area contributed by atoms with Gasteiger partial charge in [-0.2, -0.15) is 0 Å². The lowest BCUT2D eigenvalue weighted by Crippen LogP contribution is -2.62. The molecule has 2 bridgehead atoms. The van der Waals surface area contributed by atoms with Crippen molar-refractivity contribution in [2.24, 2.45) is 23.2 Å². The highest BCUT2D eigenvalue weighted by molar-refractivity contribution is 5.04. The van der Waals surface area contributed by atoms with Crippen LogP contribution in [0.25, 0.3) is 0 Å². The molecule has 0 aromatic rings. The first-order valence-corrected chi connectivity index (χ1v) is 9.30. The van der Waals surface area contributed by atoms with Gasteiger partial charge in [-0.3, -0.25) is 0 Å². The van der Waals surface area contributed by atoms with Gasteiger partial charge >= 0.3 is 0 Å². The monoisotopic (exact) mass is 276 g/mol. The average molecular weight is 276 g/mol. The summed E-state index contributed by atoms with van der Waals surface area (Å²) >= 11 is 0. The van der Waals surface area contributed by atoms with E-state index in [-0.39, 0.29) is 0 Å². The first-order valence-electron chi connectivity index (χ1n) is 9.30. The van der Waals surface area contributed by atoms with Crippen molar-refractivity contribution < 1.29 is 0 Å². The van der Waals surface area contributed by atoms with Gasteiger partial charge in [-0.1, -0.05) is 32.1 Å². The summed E-state index contributed by atoms with van der Waals surface area (Å²) in [6.07, 6.45) is 13.6. The zero-order valence-corrected chi connectivity index (χ0v) is 13.1. The summed E-state index contributed by atoms with van der Waals surface area (Å²) in [5.74, 6) is 2.94. The Balaban J connectivity index is 1.42. The van der Waals surface area contributed by atoms with E-state index in [2.05, 4.69) is 10.2 Å². The lowest BCUT2D eigenvalue weighted by molar-refractivity contribution is -0.0507. The second kappa shape index (κ2) is 5.61. The molecule has 0 aromatic carbocycles. The van der Waals surface area contributed by atoms with Gasteiger partial charge in [-0.15, -0.1) is 0 Å². The van der Waals surface area contributed by atoms with Crippen molar-refractivity contribution in [1.29, 1.82) is 0 Å². The van der Waals surface area contributed by atoms with Gasteiger partial charge < -0.3 is 10.2 Å². The van der Waals surface area contributed by atoms with Crippen LogP contribution >= 0.6 is 0 Å². The van der Waals surface area contributed by atoms with Crippen LogP contribution in [0.1, 0.15) is 57.8 Å². The molecule has 4 rings (SSSR count). The number of piperidine rings is 2. The molecule has 2 atom stereocenters. The zero-order valence-electron chi connectivity index (χ0n) is 13.1. The fourth-order valence-corrected chi connectivity index (χ4v) is 6.10. The fraction of sp³-hybridized carbons (Fsp3) is 1.00. The van der Waals surface area contributed by atoms with Crippen LogP contribution in [0.2, 0.25) is 0 Å². The molecule has 2 aliphatic heterocycles. The molecule has 4 aliphatic rings. The van der Waals surface area contributed by atoms with E-state index in [1.54, 1.807) is 12.8 Å². The molecule has 2 nitrogen and oxygen atoms in total. The van der Waals surface area contributed by atoms with Gasteiger partial charge in [0.25, 0.3) is 0 Å². The van der Waals surface area contributed by atoms with E-state index < -0.39 is 0 Å². The lowest BCUT2D eigenvalue weighted by Gasteiger charge is -2.55. The molecule has 1 spiro atoms. The Bertz CT molecular complexity index is 312. The van der Waals surface area contributed by atoms with E-state index in [1.807, 2.05) is 0 Å². The summed E-state index contributed by atoms with van der Waals surface area (Å²) in [4.78, 5) is 2.87. The molecule has 2 unspecified atom stereocenters. The Morgan fingerprint density at radius 2 is 1.50 bits per heavy atom. The molecule has 4 fully saturated rings. The first-order chi connectivity index (χ1) is 9.87. The van der Waals surface area contributed by atoms with Crippen molar-refractivity contribution in [3.8, 4) is 0 Å². The van der Waals surface area contributed by atoms with Crippen molar-refractivity contribution in [3.05, 3.63) is 0 Å². The van der Waals surface area contributed by atoms with Crippen LogP contribution in [0.5, 0.6) is 0 Å². The number of hydrogen-bond donors (Lipinski definition) is 1. The molecule has 20 heavy (non-hydrogen) atoms. The Kier molecular flexibility index (Phi) is 3.80. The minimum Gasteiger partial charge on any atom is -0.316 e. The maximum Gasteiger partial charge on any atom is 0.00275 e. The van der Waals surface area contributed by atoms with Crippen LogP contribution < -0.4 is 5.32 Å². The third-order valence-electron chi connectivity index (χ3n) is 7.14. The number of likely N-dealkylation sites (tertiary alicyclic amines) is 1. The predicted octanol–water partition coefficient (Wildman–Crippen LogP) is 3.28. The van der Waals surface area contributed by atoms with Crippen molar-refractivity contribution >= 4 is 0 Å². The normalized spacial score (nSPS) is 38.4. The van der Waals surface area contributed by atoms with Crippen LogP contribution in [0.3, 0.4) is 0 Å². The van der Waals surface area contributed by atoms with Gasteiger partial charge in [-0.25, -0.2) is 0 Å². The van der Waals surface area contributed by atoms with Crippen molar-refractivity contribution in [2.75, 3.05) is 32.7 Å². The highest BCUT2D eigenvalue weighted by Gasteiger charge is 2.52. The van der Waals surface area contributed by atoms with Gasteiger partial charge in [0.2, 0.25) is 0 Å². The van der Waals surface area contributed by atoms with E-state index in [4.69, 9.17) is 0 Å². The molecule has 2 heteroatoms. The van der Waals surface area contributed by atoms with E-state index in [1.165, 1.54) is 77.7 Å². The maximum absolute atomic E-state index is 3.74. The molecular formula is C18H32N2. The highest BCUT2D eigenvalue weighted by atomic mass is 15.2. The van der Waals surface area contributed by atoms with Gasteiger partial charge in [0.05, 0.1) is 0 Å². The smallest absolute Gasteiger partial charge is 0.00275 e. The lowest BCUT2D eigenvalue weighted by atomic mass is 9.60. The number of rotatable bonds is 2. The van der Waals surface area contributed by atoms with Crippen LogP contribution in [0.15, 0.2) is 0 Å². The summed E-state index contributed by atoms with van der Waals surface area (Å²) in [5, 5.41) is 3.74. The fourth-order valence-electron chi connectivity index (χ4n) is 6.10. The molecule has 2 heterocycles. The summed E-state index contributed by atoms with van der Waals surface area (Å²) in [5.41, 5.74) is 0.758. The average Bonchev–Trinajstić information content (AvgIpc) is 2.91. The minimum absolute atomic E-state index is 0.758. The van der Waals surface area contributed by atoms with Gasteiger partial charge in [0.15, 0.2) is 0 Å². The minimum atomic E-state index is 0.758. The Labute approximate surface area is 124 Å². The summed E-state index contributed by atoms with van der Waals surface area (Å²) in [6.45, 7) is 6.83. The summed E-state index contributed by atoms with van der Waals surface area (Å²) < 4.78 is 0. The molecule has 0 amide bonds. The third-order valence-corrected chi connectivity index (χ3v) is 7.14. The predicted molar refractivity (Wildman–Crippen MR) is 83.8 cm³/mol. The second-order valence-corrected chi connectivity index (χ2v) is 8.21. The van der Waals surface area contributed by atoms with Crippen LogP contribution in [-0.2, 0) is 0 Å². The Morgan fingerprint density at radius 3 is 2.15 bits per heavy atom. The maximum atomic E-state index is 3.74. The third kappa shape index (κ3) is 2.33. The first kappa shape index (κ1) is 13.6. The molecule has 2 saturated heterocycles. The molecule has 2 aliphatic carbocycles. The standard InChI is InChI=1S/C18H32N2/c1-2-6-15(7-3-1)12-20-13-16-10-19-11-17(14-20)18(16)8-4-5-9-18/h15-17,19H,1-14H2. The quantitative estimate of drug-likeness (QED) is 0.832. The van der Waals surface area contributed by atoms with E-state index in [0.29, 0.717) is 0 Å². The van der Waals surface area contributed by atoms with Gasteiger partial charge in [0, 0.05) is 19.6 Å². The second-order valence-electron chi connectivity index (χ2n) is 8.21. The number of nitrogens with one attached hydrogen (secondary N) is 1. The van der Waals surface area contributed by atoms with E-state index in [9.17, 15) is 0 Å². The Hall–Kier alpha value is -0.0800. The Morgan fingerprint density at radius 1 is 0.850 bits per heavy atom. The van der Waals surface area contributed by atoms with Crippen molar-refractivity contribution in [3.63, 3.8) is 0 Å². The molecular weight excluding hydrogens is 244 g/mol. The molecule has 2 saturated carbocycles.